The molecule has 0 spiro atoms. The number of halogens is 2. The highest BCUT2D eigenvalue weighted by Crippen LogP contribution is 2.33. The summed E-state index contributed by atoms with van der Waals surface area (Å²) in [6.45, 7) is -0.116. The lowest BCUT2D eigenvalue weighted by Crippen LogP contribution is -2.41. The maximum atomic E-state index is 12.5. The molecule has 2 N–H and O–H groups in total. The third kappa shape index (κ3) is 5.63. The van der Waals surface area contributed by atoms with Crippen LogP contribution in [0.15, 0.2) is 40.6 Å². The molecule has 0 unspecified atom stereocenters. The SMILES string of the molecule is O=C(CNC(=O)c1cccs1)NCCN1C(=O)S/C(=C\c2ccc(Cl)cc2Cl)C1=O. The number of thiophene rings is 1. The van der Waals surface area contributed by atoms with Crippen LogP contribution < -0.4 is 10.6 Å². The molecular formula is C19H15Cl2N3O4S2. The highest BCUT2D eigenvalue weighted by molar-refractivity contribution is 8.18. The summed E-state index contributed by atoms with van der Waals surface area (Å²) in [7, 11) is 0. The number of nitrogens with one attached hydrogen (secondary N) is 2. The van der Waals surface area contributed by atoms with E-state index in [1.165, 1.54) is 17.4 Å². The minimum Gasteiger partial charge on any atom is -0.353 e. The number of benzene rings is 1. The summed E-state index contributed by atoms with van der Waals surface area (Å²) >= 11 is 14.0. The molecule has 7 nitrogen and oxygen atoms in total. The zero-order valence-electron chi connectivity index (χ0n) is 15.3. The van der Waals surface area contributed by atoms with Crippen LogP contribution in [0.3, 0.4) is 0 Å². The van der Waals surface area contributed by atoms with E-state index >= 15 is 0 Å². The van der Waals surface area contributed by atoms with Gasteiger partial charge in [0.25, 0.3) is 17.1 Å². The zero-order chi connectivity index (χ0) is 21.7. The first-order chi connectivity index (χ1) is 14.3. The molecule has 1 aliphatic heterocycles. The maximum Gasteiger partial charge on any atom is 0.293 e. The molecule has 1 saturated heterocycles. The molecular weight excluding hydrogens is 469 g/mol. The molecule has 2 heterocycles. The number of hydrogen-bond donors (Lipinski definition) is 2. The molecule has 1 fully saturated rings. The van der Waals surface area contributed by atoms with Crippen molar-refractivity contribution in [1.82, 2.24) is 15.5 Å². The van der Waals surface area contributed by atoms with Crippen LogP contribution in [0.25, 0.3) is 6.08 Å². The summed E-state index contributed by atoms with van der Waals surface area (Å²) in [5.74, 6) is -1.22. The van der Waals surface area contributed by atoms with Crippen molar-refractivity contribution < 1.29 is 19.2 Å². The average molecular weight is 484 g/mol. The Balaban J connectivity index is 1.49. The molecule has 1 aromatic heterocycles. The Hall–Kier alpha value is -2.33. The van der Waals surface area contributed by atoms with Gasteiger partial charge in [0.1, 0.15) is 0 Å². The van der Waals surface area contributed by atoms with Crippen molar-refractivity contribution in [3.63, 3.8) is 0 Å². The van der Waals surface area contributed by atoms with E-state index in [1.807, 2.05) is 0 Å². The van der Waals surface area contributed by atoms with E-state index in [-0.39, 0.29) is 30.4 Å². The van der Waals surface area contributed by atoms with Gasteiger partial charge in [0, 0.05) is 23.1 Å². The van der Waals surface area contributed by atoms with Crippen molar-refractivity contribution in [2.45, 2.75) is 0 Å². The Labute approximate surface area is 190 Å². The minimum atomic E-state index is -0.462. The summed E-state index contributed by atoms with van der Waals surface area (Å²) in [6, 6.07) is 8.24. The topological polar surface area (TPSA) is 95.6 Å². The molecule has 0 radical (unpaired) electrons. The number of nitrogens with zero attached hydrogens (tertiary/aromatic N) is 1. The second kappa shape index (κ2) is 10.1. The molecule has 2 aromatic rings. The Morgan fingerprint density at radius 3 is 2.63 bits per heavy atom. The van der Waals surface area contributed by atoms with Gasteiger partial charge in [-0.15, -0.1) is 11.3 Å². The quantitative estimate of drug-likeness (QED) is 0.586. The molecule has 3 rings (SSSR count). The van der Waals surface area contributed by atoms with E-state index < -0.39 is 17.1 Å². The van der Waals surface area contributed by atoms with Crippen LogP contribution in [-0.4, -0.2) is 47.5 Å². The van der Waals surface area contributed by atoms with Gasteiger partial charge in [-0.1, -0.05) is 35.3 Å². The molecule has 4 amide bonds. The molecule has 1 aromatic carbocycles. The fraction of sp³-hybridized carbons (Fsp3) is 0.158. The fourth-order valence-corrected chi connectivity index (χ4v) is 4.44. The van der Waals surface area contributed by atoms with E-state index in [4.69, 9.17) is 23.2 Å². The van der Waals surface area contributed by atoms with E-state index in [0.717, 1.165) is 16.7 Å². The number of thioether (sulfide) groups is 1. The van der Waals surface area contributed by atoms with Crippen molar-refractivity contribution in [2.24, 2.45) is 0 Å². The van der Waals surface area contributed by atoms with Crippen molar-refractivity contribution in [3.8, 4) is 0 Å². The molecule has 30 heavy (non-hydrogen) atoms. The van der Waals surface area contributed by atoms with E-state index in [9.17, 15) is 19.2 Å². The summed E-state index contributed by atoms with van der Waals surface area (Å²) in [5, 5.41) is 7.23. The lowest BCUT2D eigenvalue weighted by atomic mass is 10.2. The van der Waals surface area contributed by atoms with Gasteiger partial charge in [0.05, 0.1) is 16.3 Å². The number of carbonyl (C=O) groups is 4. The van der Waals surface area contributed by atoms with Crippen molar-refractivity contribution >= 4 is 75.3 Å². The molecule has 11 heteroatoms. The number of hydrogen-bond acceptors (Lipinski definition) is 6. The average Bonchev–Trinajstić information content (AvgIpc) is 3.33. The minimum absolute atomic E-state index is 0.0148. The molecule has 1 aliphatic rings. The van der Waals surface area contributed by atoms with Crippen LogP contribution in [0.4, 0.5) is 4.79 Å². The van der Waals surface area contributed by atoms with Crippen molar-refractivity contribution in [2.75, 3.05) is 19.6 Å². The lowest BCUT2D eigenvalue weighted by molar-refractivity contribution is -0.124. The van der Waals surface area contributed by atoms with E-state index in [0.29, 0.717) is 20.5 Å². The Morgan fingerprint density at radius 1 is 1.13 bits per heavy atom. The highest BCUT2D eigenvalue weighted by atomic mass is 35.5. The summed E-state index contributed by atoms with van der Waals surface area (Å²) in [4.78, 5) is 50.1. The number of amides is 4. The molecule has 0 atom stereocenters. The van der Waals surface area contributed by atoms with Crippen LogP contribution >= 0.6 is 46.3 Å². The standard InChI is InChI=1S/C19H15Cl2N3O4S2/c20-12-4-3-11(13(21)9-12)8-15-18(27)24(19(28)30-15)6-5-22-16(25)10-23-17(26)14-2-1-7-29-14/h1-4,7-9H,5-6,10H2,(H,22,25)(H,23,26)/b15-8-. The number of rotatable bonds is 7. The maximum absolute atomic E-state index is 12.5. The molecule has 0 aliphatic carbocycles. The van der Waals surface area contributed by atoms with E-state index in [1.54, 1.807) is 35.7 Å². The monoisotopic (exact) mass is 483 g/mol. The van der Waals surface area contributed by atoms with Gasteiger partial charge in [-0.05, 0) is 47.0 Å². The Bertz CT molecular complexity index is 1020. The van der Waals surface area contributed by atoms with Gasteiger partial charge < -0.3 is 10.6 Å². The zero-order valence-corrected chi connectivity index (χ0v) is 18.5. The van der Waals surface area contributed by atoms with Gasteiger partial charge >= 0.3 is 0 Å². The molecule has 0 saturated carbocycles. The third-order valence-electron chi connectivity index (χ3n) is 3.93. The third-order valence-corrected chi connectivity index (χ3v) is 6.27. The predicted octanol–water partition coefficient (Wildman–Crippen LogP) is 3.64. The van der Waals surface area contributed by atoms with Gasteiger partial charge in [-0.3, -0.25) is 24.1 Å². The molecule has 0 bridgehead atoms. The van der Waals surface area contributed by atoms with Crippen LogP contribution in [-0.2, 0) is 9.59 Å². The lowest BCUT2D eigenvalue weighted by Gasteiger charge is -2.13. The van der Waals surface area contributed by atoms with Gasteiger partial charge in [0.15, 0.2) is 0 Å². The summed E-state index contributed by atoms with van der Waals surface area (Å²) in [6.07, 6.45) is 1.53. The van der Waals surface area contributed by atoms with Crippen molar-refractivity contribution in [1.29, 1.82) is 0 Å². The normalized spacial score (nSPS) is 15.0. The summed E-state index contributed by atoms with van der Waals surface area (Å²) in [5.41, 5.74) is 0.571. The number of carbonyl (C=O) groups excluding carboxylic acids is 4. The molecule has 156 valence electrons. The first-order valence-electron chi connectivity index (χ1n) is 8.64. The van der Waals surface area contributed by atoms with Crippen LogP contribution in [0.2, 0.25) is 10.0 Å². The van der Waals surface area contributed by atoms with Crippen LogP contribution in [0.1, 0.15) is 15.2 Å². The first kappa shape index (κ1) is 22.4. The smallest absolute Gasteiger partial charge is 0.293 e. The second-order valence-corrected chi connectivity index (χ2v) is 8.79. The predicted molar refractivity (Wildman–Crippen MR) is 119 cm³/mol. The Kier molecular flexibility index (Phi) is 7.54. The fourth-order valence-electron chi connectivity index (χ4n) is 2.48. The number of imide groups is 1. The largest absolute Gasteiger partial charge is 0.353 e. The summed E-state index contributed by atoms with van der Waals surface area (Å²) < 4.78 is 0. The van der Waals surface area contributed by atoms with Crippen LogP contribution in [0.5, 0.6) is 0 Å². The Morgan fingerprint density at radius 2 is 1.93 bits per heavy atom. The first-order valence-corrected chi connectivity index (χ1v) is 11.1. The van der Waals surface area contributed by atoms with Crippen LogP contribution in [0, 0.1) is 0 Å². The second-order valence-electron chi connectivity index (χ2n) is 6.01. The van der Waals surface area contributed by atoms with E-state index in [2.05, 4.69) is 10.6 Å². The van der Waals surface area contributed by atoms with Crippen molar-refractivity contribution in [3.05, 3.63) is 61.1 Å². The van der Waals surface area contributed by atoms with Gasteiger partial charge in [-0.25, -0.2) is 0 Å². The van der Waals surface area contributed by atoms with Gasteiger partial charge in [-0.2, -0.15) is 0 Å². The van der Waals surface area contributed by atoms with Gasteiger partial charge in [0.2, 0.25) is 5.91 Å². The highest BCUT2D eigenvalue weighted by Gasteiger charge is 2.34.